The molecule has 0 aliphatic carbocycles. The fraction of sp³-hybridized carbons (Fsp3) is 0.400. The maximum atomic E-state index is 12.0. The number of sulfone groups is 1. The molecule has 1 aliphatic heterocycles. The predicted molar refractivity (Wildman–Crippen MR) is 99.3 cm³/mol. The van der Waals surface area contributed by atoms with E-state index in [4.69, 9.17) is 16.3 Å². The molecule has 1 atom stereocenters. The molecule has 2 aromatic rings. The molecular formula is C15H17ClN4O4S2. The lowest BCUT2D eigenvalue weighted by Gasteiger charge is -2.09. The average molecular weight is 417 g/mol. The maximum absolute atomic E-state index is 12.0. The summed E-state index contributed by atoms with van der Waals surface area (Å²) in [7, 11) is -1.47. The third-order valence-electron chi connectivity index (χ3n) is 3.81. The maximum Gasteiger partial charge on any atom is 0.230 e. The topological polar surface area (TPSA) is 114 Å². The van der Waals surface area contributed by atoms with Crippen LogP contribution in [0.25, 0.3) is 11.4 Å². The van der Waals surface area contributed by atoms with Crippen molar-refractivity contribution >= 4 is 39.1 Å². The molecule has 26 heavy (non-hydrogen) atoms. The van der Waals surface area contributed by atoms with Gasteiger partial charge < -0.3 is 10.1 Å². The van der Waals surface area contributed by atoms with E-state index in [1.54, 1.807) is 25.3 Å². The fourth-order valence-electron chi connectivity index (χ4n) is 2.60. The minimum Gasteiger partial charge on any atom is -0.496 e. The van der Waals surface area contributed by atoms with Gasteiger partial charge in [-0.3, -0.25) is 9.89 Å². The first kappa shape index (κ1) is 19.0. The highest BCUT2D eigenvalue weighted by atomic mass is 35.5. The van der Waals surface area contributed by atoms with Crippen molar-refractivity contribution in [1.29, 1.82) is 0 Å². The van der Waals surface area contributed by atoms with Crippen LogP contribution >= 0.6 is 23.4 Å². The summed E-state index contributed by atoms with van der Waals surface area (Å²) in [5.41, 5.74) is 0.667. The van der Waals surface area contributed by atoms with Crippen molar-refractivity contribution in [3.05, 3.63) is 23.2 Å². The molecule has 11 heteroatoms. The summed E-state index contributed by atoms with van der Waals surface area (Å²) in [4.78, 5) is 16.3. The standard InChI is InChI=1S/C15H17ClN4O4S2/c1-24-12-3-2-9(16)6-11(12)14-18-15(20-19-14)25-7-13(21)17-10-4-5-26(22,23)8-10/h2-3,6,10H,4-5,7-8H2,1H3,(H,17,21)(H,18,19,20)/t10-/m1/s1. The number of thioether (sulfide) groups is 1. The van der Waals surface area contributed by atoms with E-state index in [-0.39, 0.29) is 29.2 Å². The Hall–Kier alpha value is -1.78. The number of hydrogen-bond donors (Lipinski definition) is 2. The van der Waals surface area contributed by atoms with Crippen LogP contribution in [0, 0.1) is 0 Å². The second kappa shape index (κ2) is 7.85. The van der Waals surface area contributed by atoms with Crippen molar-refractivity contribution < 1.29 is 17.9 Å². The predicted octanol–water partition coefficient (Wildman–Crippen LogP) is 1.53. The normalized spacial score (nSPS) is 18.6. The number of nitrogens with one attached hydrogen (secondary N) is 2. The van der Waals surface area contributed by atoms with Crippen LogP contribution in [0.3, 0.4) is 0 Å². The van der Waals surface area contributed by atoms with Crippen molar-refractivity contribution in [2.75, 3.05) is 24.4 Å². The minimum atomic E-state index is -3.02. The summed E-state index contributed by atoms with van der Waals surface area (Å²) in [5.74, 6) is 1.06. The van der Waals surface area contributed by atoms with Gasteiger partial charge in [0, 0.05) is 11.1 Å². The molecule has 1 saturated heterocycles. The monoisotopic (exact) mass is 416 g/mol. The molecule has 0 radical (unpaired) electrons. The molecule has 1 aromatic heterocycles. The molecule has 2 heterocycles. The number of benzene rings is 1. The molecule has 1 aliphatic rings. The number of hydrogen-bond acceptors (Lipinski definition) is 7. The first-order valence-corrected chi connectivity index (χ1v) is 10.9. The summed E-state index contributed by atoms with van der Waals surface area (Å²) >= 11 is 7.17. The number of halogens is 1. The van der Waals surface area contributed by atoms with Gasteiger partial charge in [-0.05, 0) is 24.6 Å². The van der Waals surface area contributed by atoms with E-state index in [9.17, 15) is 13.2 Å². The van der Waals surface area contributed by atoms with Crippen LogP contribution in [0.5, 0.6) is 5.75 Å². The van der Waals surface area contributed by atoms with Crippen LogP contribution in [-0.2, 0) is 14.6 Å². The molecule has 0 unspecified atom stereocenters. The molecule has 1 fully saturated rings. The lowest BCUT2D eigenvalue weighted by atomic mass is 10.2. The molecule has 0 spiro atoms. The van der Waals surface area contributed by atoms with Gasteiger partial charge in [-0.15, -0.1) is 5.10 Å². The second-order valence-electron chi connectivity index (χ2n) is 5.77. The number of H-pyrrole nitrogens is 1. The third-order valence-corrected chi connectivity index (χ3v) is 6.66. The average Bonchev–Trinajstić information content (AvgIpc) is 3.19. The van der Waals surface area contributed by atoms with Gasteiger partial charge in [-0.2, -0.15) is 0 Å². The number of ether oxygens (including phenoxy) is 1. The van der Waals surface area contributed by atoms with E-state index in [1.165, 1.54) is 0 Å². The highest BCUT2D eigenvalue weighted by molar-refractivity contribution is 7.99. The van der Waals surface area contributed by atoms with Crippen LogP contribution in [0.1, 0.15) is 6.42 Å². The molecule has 0 bridgehead atoms. The highest BCUT2D eigenvalue weighted by Gasteiger charge is 2.28. The summed E-state index contributed by atoms with van der Waals surface area (Å²) in [5, 5.41) is 10.5. The van der Waals surface area contributed by atoms with Gasteiger partial charge in [0.2, 0.25) is 11.1 Å². The van der Waals surface area contributed by atoms with Crippen molar-refractivity contribution in [1.82, 2.24) is 20.5 Å². The van der Waals surface area contributed by atoms with Crippen LogP contribution in [-0.4, -0.2) is 59.9 Å². The van der Waals surface area contributed by atoms with E-state index in [2.05, 4.69) is 20.5 Å². The van der Waals surface area contributed by atoms with Crippen molar-refractivity contribution in [3.8, 4) is 17.1 Å². The molecule has 1 amide bonds. The third kappa shape index (κ3) is 4.68. The number of aromatic amines is 1. The molecule has 1 aromatic carbocycles. The number of carbonyl (C=O) groups excluding carboxylic acids is 1. The molecule has 140 valence electrons. The van der Waals surface area contributed by atoms with Crippen LogP contribution < -0.4 is 10.1 Å². The Labute approximate surface area is 160 Å². The Morgan fingerprint density at radius 2 is 2.31 bits per heavy atom. The number of methoxy groups -OCH3 is 1. The van der Waals surface area contributed by atoms with E-state index in [0.29, 0.717) is 33.7 Å². The Bertz CT molecular complexity index is 916. The Balaban J connectivity index is 1.59. The molecule has 0 saturated carbocycles. The highest BCUT2D eigenvalue weighted by Crippen LogP contribution is 2.31. The van der Waals surface area contributed by atoms with Crippen molar-refractivity contribution in [2.45, 2.75) is 17.6 Å². The number of nitrogens with zero attached hydrogens (tertiary/aromatic N) is 2. The molecule has 2 N–H and O–H groups in total. The lowest BCUT2D eigenvalue weighted by molar-refractivity contribution is -0.119. The molecule has 8 nitrogen and oxygen atoms in total. The number of carbonyl (C=O) groups is 1. The van der Waals surface area contributed by atoms with Crippen LogP contribution in [0.15, 0.2) is 23.4 Å². The number of aromatic nitrogens is 3. The van der Waals surface area contributed by atoms with E-state index >= 15 is 0 Å². The Kier molecular flexibility index (Phi) is 5.73. The zero-order valence-corrected chi connectivity index (χ0v) is 16.2. The Morgan fingerprint density at radius 1 is 1.50 bits per heavy atom. The molecule has 3 rings (SSSR count). The zero-order chi connectivity index (χ0) is 18.7. The lowest BCUT2D eigenvalue weighted by Crippen LogP contribution is -2.36. The van der Waals surface area contributed by atoms with Gasteiger partial charge in [-0.1, -0.05) is 23.4 Å². The summed E-state index contributed by atoms with van der Waals surface area (Å²) in [6, 6.07) is 4.84. The summed E-state index contributed by atoms with van der Waals surface area (Å²) in [6.45, 7) is 0. The number of amides is 1. The Morgan fingerprint density at radius 3 is 3.00 bits per heavy atom. The van der Waals surface area contributed by atoms with Gasteiger partial charge in [0.05, 0.1) is 29.9 Å². The zero-order valence-electron chi connectivity index (χ0n) is 13.9. The van der Waals surface area contributed by atoms with Crippen LogP contribution in [0.4, 0.5) is 0 Å². The SMILES string of the molecule is COc1ccc(Cl)cc1-c1nc(SCC(=O)N[C@@H]2CCS(=O)(=O)C2)n[nH]1. The minimum absolute atomic E-state index is 0.00275. The fourth-order valence-corrected chi connectivity index (χ4v) is 5.06. The van der Waals surface area contributed by atoms with E-state index < -0.39 is 9.84 Å². The van der Waals surface area contributed by atoms with Gasteiger partial charge in [0.25, 0.3) is 0 Å². The second-order valence-corrected chi connectivity index (χ2v) is 9.38. The first-order valence-electron chi connectivity index (χ1n) is 7.75. The summed E-state index contributed by atoms with van der Waals surface area (Å²) in [6.07, 6.45) is 0.456. The van der Waals surface area contributed by atoms with Gasteiger partial charge in [-0.25, -0.2) is 13.4 Å². The van der Waals surface area contributed by atoms with Crippen molar-refractivity contribution in [2.24, 2.45) is 0 Å². The number of rotatable bonds is 6. The van der Waals surface area contributed by atoms with Gasteiger partial charge in [0.15, 0.2) is 15.7 Å². The van der Waals surface area contributed by atoms with Crippen LogP contribution in [0.2, 0.25) is 5.02 Å². The largest absolute Gasteiger partial charge is 0.496 e. The van der Waals surface area contributed by atoms with E-state index in [1.807, 2.05) is 0 Å². The van der Waals surface area contributed by atoms with Gasteiger partial charge in [0.1, 0.15) is 5.75 Å². The summed E-state index contributed by atoms with van der Waals surface area (Å²) < 4.78 is 28.1. The first-order chi connectivity index (χ1) is 12.4. The van der Waals surface area contributed by atoms with Gasteiger partial charge >= 0.3 is 0 Å². The molecular weight excluding hydrogens is 400 g/mol. The van der Waals surface area contributed by atoms with Crippen molar-refractivity contribution in [3.63, 3.8) is 0 Å². The van der Waals surface area contributed by atoms with E-state index in [0.717, 1.165) is 11.8 Å². The quantitative estimate of drug-likeness (QED) is 0.686. The smallest absolute Gasteiger partial charge is 0.230 e.